The van der Waals surface area contributed by atoms with Crippen molar-refractivity contribution in [2.24, 2.45) is 0 Å². The van der Waals surface area contributed by atoms with Gasteiger partial charge in [0.2, 0.25) is 0 Å². The summed E-state index contributed by atoms with van der Waals surface area (Å²) in [6.45, 7) is 7.84. The Bertz CT molecular complexity index is 601. The zero-order valence-electron chi connectivity index (χ0n) is 14.4. The first-order valence-corrected chi connectivity index (χ1v) is 8.74. The molecule has 1 aromatic carbocycles. The molecule has 3 nitrogen and oxygen atoms in total. The number of benzene rings is 1. The Hall–Kier alpha value is -1.35. The fraction of sp³-hybridized carbons (Fsp3) is 0.632. The van der Waals surface area contributed by atoms with Crippen LogP contribution >= 0.6 is 0 Å². The number of nitrogens with zero attached hydrogens (tertiary/aromatic N) is 2. The number of imidazole rings is 1. The minimum atomic E-state index is 0.234. The van der Waals surface area contributed by atoms with Gasteiger partial charge in [-0.25, -0.2) is 4.98 Å². The molecule has 0 atom stereocenters. The highest BCUT2D eigenvalue weighted by Crippen LogP contribution is 2.22. The Morgan fingerprint density at radius 3 is 2.45 bits per heavy atom. The van der Waals surface area contributed by atoms with Crippen molar-refractivity contribution in [2.45, 2.75) is 72.3 Å². The Kier molecular flexibility index (Phi) is 6.44. The molecule has 0 aliphatic carbocycles. The molecule has 0 saturated heterocycles. The average molecular weight is 302 g/mol. The maximum atomic E-state index is 9.12. The van der Waals surface area contributed by atoms with Gasteiger partial charge >= 0.3 is 0 Å². The summed E-state index contributed by atoms with van der Waals surface area (Å²) in [5.41, 5.74) is 4.98. The van der Waals surface area contributed by atoms with Crippen LogP contribution in [0, 0.1) is 13.8 Å². The van der Waals surface area contributed by atoms with Crippen LogP contribution in [0.5, 0.6) is 0 Å². The first-order chi connectivity index (χ1) is 10.7. The summed E-state index contributed by atoms with van der Waals surface area (Å²) in [7, 11) is 0. The summed E-state index contributed by atoms with van der Waals surface area (Å²) in [5, 5.41) is 9.12. The fourth-order valence-electron chi connectivity index (χ4n) is 2.98. The molecular weight excluding hydrogens is 272 g/mol. The van der Waals surface area contributed by atoms with Crippen LogP contribution in [0.15, 0.2) is 12.1 Å². The number of hydrogen-bond acceptors (Lipinski definition) is 2. The number of unbranched alkanes of at least 4 members (excludes halogenated alkanes) is 4. The van der Waals surface area contributed by atoms with Gasteiger partial charge in [0.1, 0.15) is 5.82 Å². The zero-order chi connectivity index (χ0) is 15.9. The van der Waals surface area contributed by atoms with E-state index in [1.54, 1.807) is 0 Å². The van der Waals surface area contributed by atoms with Crippen LogP contribution in [0.4, 0.5) is 0 Å². The van der Waals surface area contributed by atoms with Crippen molar-refractivity contribution in [1.29, 1.82) is 0 Å². The van der Waals surface area contributed by atoms with Gasteiger partial charge in [-0.05, 0) is 49.9 Å². The van der Waals surface area contributed by atoms with E-state index >= 15 is 0 Å². The highest BCUT2D eigenvalue weighted by Gasteiger charge is 2.11. The highest BCUT2D eigenvalue weighted by molar-refractivity contribution is 5.78. The van der Waals surface area contributed by atoms with Gasteiger partial charge in [0.15, 0.2) is 0 Å². The molecule has 0 spiro atoms. The van der Waals surface area contributed by atoms with Crippen LogP contribution in [0.2, 0.25) is 0 Å². The number of aliphatic hydroxyl groups excluding tert-OH is 1. The van der Waals surface area contributed by atoms with Gasteiger partial charge in [0.25, 0.3) is 0 Å². The topological polar surface area (TPSA) is 38.0 Å². The molecule has 2 aromatic rings. The van der Waals surface area contributed by atoms with Gasteiger partial charge in [-0.15, -0.1) is 0 Å². The number of aliphatic hydroxyl groups is 1. The van der Waals surface area contributed by atoms with Gasteiger partial charge in [-0.2, -0.15) is 0 Å². The van der Waals surface area contributed by atoms with E-state index in [1.807, 2.05) is 0 Å². The summed E-state index contributed by atoms with van der Waals surface area (Å²) < 4.78 is 2.38. The Labute approximate surface area is 134 Å². The lowest BCUT2D eigenvalue weighted by molar-refractivity contribution is 0.287. The maximum absolute atomic E-state index is 9.12. The van der Waals surface area contributed by atoms with Crippen molar-refractivity contribution in [3.8, 4) is 0 Å². The van der Waals surface area contributed by atoms with Gasteiger partial charge < -0.3 is 9.67 Å². The molecule has 1 heterocycles. The summed E-state index contributed by atoms with van der Waals surface area (Å²) in [4.78, 5) is 4.82. The van der Waals surface area contributed by atoms with E-state index in [9.17, 15) is 0 Å². The first kappa shape index (κ1) is 17.0. The van der Waals surface area contributed by atoms with Crippen molar-refractivity contribution >= 4 is 11.0 Å². The Balaban J connectivity index is 2.20. The average Bonchev–Trinajstić information content (AvgIpc) is 2.82. The van der Waals surface area contributed by atoms with Crippen molar-refractivity contribution in [3.63, 3.8) is 0 Å². The van der Waals surface area contributed by atoms with Gasteiger partial charge in [0, 0.05) is 19.6 Å². The smallest absolute Gasteiger partial charge is 0.109 e. The van der Waals surface area contributed by atoms with E-state index in [1.165, 1.54) is 48.7 Å². The normalized spacial score (nSPS) is 11.5. The molecule has 2 rings (SSSR count). The lowest BCUT2D eigenvalue weighted by atomic mass is 10.1. The molecule has 3 heteroatoms. The molecule has 0 unspecified atom stereocenters. The molecule has 0 radical (unpaired) electrons. The Morgan fingerprint density at radius 1 is 1.00 bits per heavy atom. The molecule has 122 valence electrons. The maximum Gasteiger partial charge on any atom is 0.109 e. The summed E-state index contributed by atoms with van der Waals surface area (Å²) in [6, 6.07) is 4.47. The van der Waals surface area contributed by atoms with Gasteiger partial charge in [-0.1, -0.05) is 32.6 Å². The molecular formula is C19H30N2O. The van der Waals surface area contributed by atoms with E-state index in [0.717, 1.165) is 30.7 Å². The van der Waals surface area contributed by atoms with Crippen LogP contribution in [0.1, 0.15) is 62.4 Å². The molecule has 0 aliphatic heterocycles. The standard InChI is InChI=1S/C19H30N2O/c1-4-5-6-7-8-11-21-18-14-16(3)15(2)13-17(18)20-19(21)10-9-12-22/h13-14,22H,4-12H2,1-3H3. The predicted octanol–water partition coefficient (Wildman–Crippen LogP) is 4.55. The van der Waals surface area contributed by atoms with Crippen molar-refractivity contribution < 1.29 is 5.11 Å². The van der Waals surface area contributed by atoms with Gasteiger partial charge in [-0.3, -0.25) is 0 Å². The van der Waals surface area contributed by atoms with Crippen LogP contribution in [-0.2, 0) is 13.0 Å². The minimum Gasteiger partial charge on any atom is -0.396 e. The number of fused-ring (bicyclic) bond motifs is 1. The van der Waals surface area contributed by atoms with E-state index < -0.39 is 0 Å². The molecule has 0 saturated carbocycles. The summed E-state index contributed by atoms with van der Waals surface area (Å²) in [5.74, 6) is 1.13. The van der Waals surface area contributed by atoms with E-state index in [2.05, 4.69) is 37.5 Å². The molecule has 1 N–H and O–H groups in total. The predicted molar refractivity (Wildman–Crippen MR) is 93.4 cm³/mol. The monoisotopic (exact) mass is 302 g/mol. The second kappa shape index (κ2) is 8.33. The van der Waals surface area contributed by atoms with Crippen molar-refractivity contribution in [1.82, 2.24) is 9.55 Å². The first-order valence-electron chi connectivity index (χ1n) is 8.74. The molecule has 0 aliphatic rings. The van der Waals surface area contributed by atoms with Gasteiger partial charge in [0.05, 0.1) is 11.0 Å². The lowest BCUT2D eigenvalue weighted by Crippen LogP contribution is -2.05. The van der Waals surface area contributed by atoms with Crippen LogP contribution in [0.3, 0.4) is 0 Å². The van der Waals surface area contributed by atoms with Crippen LogP contribution in [-0.4, -0.2) is 21.3 Å². The second-order valence-corrected chi connectivity index (χ2v) is 6.35. The van der Waals surface area contributed by atoms with E-state index in [0.29, 0.717) is 0 Å². The fourth-order valence-corrected chi connectivity index (χ4v) is 2.98. The molecule has 0 amide bonds. The van der Waals surface area contributed by atoms with Crippen molar-refractivity contribution in [2.75, 3.05) is 6.61 Å². The number of rotatable bonds is 9. The molecule has 0 bridgehead atoms. The number of hydrogen-bond donors (Lipinski definition) is 1. The molecule has 0 fully saturated rings. The summed E-state index contributed by atoms with van der Waals surface area (Å²) in [6.07, 6.45) is 8.10. The van der Waals surface area contributed by atoms with Crippen molar-refractivity contribution in [3.05, 3.63) is 29.1 Å². The third-order valence-electron chi connectivity index (χ3n) is 4.49. The number of aromatic nitrogens is 2. The number of aryl methyl sites for hydroxylation is 4. The third-order valence-corrected chi connectivity index (χ3v) is 4.49. The lowest BCUT2D eigenvalue weighted by Gasteiger charge is -2.10. The quantitative estimate of drug-likeness (QED) is 0.690. The van der Waals surface area contributed by atoms with E-state index in [-0.39, 0.29) is 6.61 Å². The highest BCUT2D eigenvalue weighted by atomic mass is 16.2. The molecule has 22 heavy (non-hydrogen) atoms. The second-order valence-electron chi connectivity index (χ2n) is 6.35. The van der Waals surface area contributed by atoms with Crippen LogP contribution in [0.25, 0.3) is 11.0 Å². The SMILES string of the molecule is CCCCCCCn1c(CCCO)nc2cc(C)c(C)cc21. The summed E-state index contributed by atoms with van der Waals surface area (Å²) >= 11 is 0. The van der Waals surface area contributed by atoms with E-state index in [4.69, 9.17) is 10.1 Å². The van der Waals surface area contributed by atoms with Crippen LogP contribution < -0.4 is 0 Å². The largest absolute Gasteiger partial charge is 0.396 e. The minimum absolute atomic E-state index is 0.234. The Morgan fingerprint density at radius 2 is 1.73 bits per heavy atom. The zero-order valence-corrected chi connectivity index (χ0v) is 14.4. The molecule has 1 aromatic heterocycles. The third kappa shape index (κ3) is 4.10.